The van der Waals surface area contributed by atoms with Crippen molar-refractivity contribution in [3.05, 3.63) is 35.7 Å². The Bertz CT molecular complexity index is 832. The highest BCUT2D eigenvalue weighted by molar-refractivity contribution is 5.78. The fraction of sp³-hybridized carbons (Fsp3) is 0.609. The van der Waals surface area contributed by atoms with Gasteiger partial charge in [-0.3, -0.25) is 14.6 Å². The van der Waals surface area contributed by atoms with Crippen LogP contribution < -0.4 is 0 Å². The predicted octanol–water partition coefficient (Wildman–Crippen LogP) is 2.67. The van der Waals surface area contributed by atoms with Crippen molar-refractivity contribution < 1.29 is 9.32 Å². The highest BCUT2D eigenvalue weighted by Crippen LogP contribution is 2.21. The number of carbonyl (C=O) groups is 1. The summed E-state index contributed by atoms with van der Waals surface area (Å²) >= 11 is 0. The van der Waals surface area contributed by atoms with Crippen molar-refractivity contribution in [3.8, 4) is 11.5 Å². The van der Waals surface area contributed by atoms with Crippen molar-refractivity contribution in [2.24, 2.45) is 11.8 Å². The Balaban J connectivity index is 1.24. The van der Waals surface area contributed by atoms with E-state index in [4.69, 9.17) is 4.52 Å². The largest absolute Gasteiger partial charge is 0.341 e. The van der Waals surface area contributed by atoms with Crippen LogP contribution in [0.3, 0.4) is 0 Å². The third-order valence-electron chi connectivity index (χ3n) is 6.18. The van der Waals surface area contributed by atoms with Crippen LogP contribution in [0.1, 0.15) is 31.7 Å². The van der Waals surface area contributed by atoms with Crippen LogP contribution in [0.5, 0.6) is 0 Å². The van der Waals surface area contributed by atoms with Crippen LogP contribution >= 0.6 is 0 Å². The van der Waals surface area contributed by atoms with Gasteiger partial charge < -0.3 is 9.42 Å². The summed E-state index contributed by atoms with van der Waals surface area (Å²) in [6, 6.07) is 8.11. The third-order valence-corrected chi connectivity index (χ3v) is 6.18. The zero-order valence-electron chi connectivity index (χ0n) is 18.4. The number of aryl methyl sites for hydroxylation is 1. The van der Waals surface area contributed by atoms with Crippen molar-refractivity contribution in [2.75, 3.05) is 45.8 Å². The first kappa shape index (κ1) is 21.0. The molecule has 0 N–H and O–H groups in total. The van der Waals surface area contributed by atoms with E-state index in [1.54, 1.807) is 0 Å². The summed E-state index contributed by atoms with van der Waals surface area (Å²) in [6.45, 7) is 13.2. The van der Waals surface area contributed by atoms with Crippen molar-refractivity contribution in [1.29, 1.82) is 0 Å². The van der Waals surface area contributed by atoms with Crippen molar-refractivity contribution in [1.82, 2.24) is 24.8 Å². The number of likely N-dealkylation sites (tertiary alicyclic amines) is 1. The minimum atomic E-state index is 0.280. The molecule has 1 aromatic heterocycles. The van der Waals surface area contributed by atoms with E-state index in [1.165, 1.54) is 12.0 Å². The summed E-state index contributed by atoms with van der Waals surface area (Å²) in [6.07, 6.45) is 1.23. The molecule has 0 saturated carbocycles. The molecule has 1 amide bonds. The lowest BCUT2D eigenvalue weighted by atomic mass is 9.92. The Labute approximate surface area is 179 Å². The molecule has 2 fully saturated rings. The molecule has 2 atom stereocenters. The molecule has 7 nitrogen and oxygen atoms in total. The number of hydrogen-bond donors (Lipinski definition) is 0. The molecule has 0 unspecified atom stereocenters. The Morgan fingerprint density at radius 2 is 1.67 bits per heavy atom. The molecule has 0 spiro atoms. The maximum Gasteiger partial charge on any atom is 0.257 e. The van der Waals surface area contributed by atoms with Crippen molar-refractivity contribution in [2.45, 2.75) is 33.7 Å². The second-order valence-corrected chi connectivity index (χ2v) is 9.18. The Hall–Kier alpha value is -2.25. The van der Waals surface area contributed by atoms with E-state index in [1.807, 2.05) is 24.3 Å². The summed E-state index contributed by atoms with van der Waals surface area (Å²) in [5.41, 5.74) is 2.16. The van der Waals surface area contributed by atoms with Gasteiger partial charge in [0, 0.05) is 44.8 Å². The lowest BCUT2D eigenvalue weighted by Gasteiger charge is -2.38. The van der Waals surface area contributed by atoms with E-state index in [9.17, 15) is 4.79 Å². The smallest absolute Gasteiger partial charge is 0.257 e. The van der Waals surface area contributed by atoms with Gasteiger partial charge in [0.05, 0.1) is 13.1 Å². The second kappa shape index (κ2) is 9.27. The Morgan fingerprint density at radius 3 is 2.33 bits per heavy atom. The summed E-state index contributed by atoms with van der Waals surface area (Å²) in [5, 5.41) is 4.15. The monoisotopic (exact) mass is 411 g/mol. The average molecular weight is 412 g/mol. The number of piperazine rings is 1. The van der Waals surface area contributed by atoms with E-state index >= 15 is 0 Å². The standard InChI is InChI=1S/C23H33N5O2/c1-17-4-6-20(7-5-17)23-24-21(25-30-23)15-26-8-10-27(11-9-26)16-22(29)28-13-18(2)12-19(3)14-28/h4-7,18-19H,8-16H2,1-3H3/t18-,19-/m0/s1. The molecule has 2 aliphatic rings. The highest BCUT2D eigenvalue weighted by atomic mass is 16.5. The van der Waals surface area contributed by atoms with Crippen LogP contribution in [0.25, 0.3) is 11.5 Å². The number of piperidine rings is 1. The molecule has 30 heavy (non-hydrogen) atoms. The molecule has 0 aliphatic carbocycles. The lowest BCUT2D eigenvalue weighted by molar-refractivity contribution is -0.135. The molecule has 1 aromatic carbocycles. The molecule has 2 aliphatic heterocycles. The van der Waals surface area contributed by atoms with Gasteiger partial charge in [-0.25, -0.2) is 0 Å². The summed E-state index contributed by atoms with van der Waals surface area (Å²) in [4.78, 5) is 24.0. The van der Waals surface area contributed by atoms with Crippen molar-refractivity contribution >= 4 is 5.91 Å². The lowest BCUT2D eigenvalue weighted by Crippen LogP contribution is -2.51. The van der Waals surface area contributed by atoms with Gasteiger partial charge >= 0.3 is 0 Å². The zero-order valence-corrected chi connectivity index (χ0v) is 18.4. The predicted molar refractivity (Wildman–Crippen MR) is 116 cm³/mol. The molecular formula is C23H33N5O2. The Kier molecular flexibility index (Phi) is 6.49. The second-order valence-electron chi connectivity index (χ2n) is 9.18. The Morgan fingerprint density at radius 1 is 1.03 bits per heavy atom. The number of rotatable bonds is 5. The molecule has 7 heteroatoms. The van der Waals surface area contributed by atoms with E-state index in [0.29, 0.717) is 36.6 Å². The van der Waals surface area contributed by atoms with Gasteiger partial charge in [-0.2, -0.15) is 4.98 Å². The zero-order chi connectivity index (χ0) is 21.1. The number of nitrogens with zero attached hydrogens (tertiary/aromatic N) is 5. The fourth-order valence-corrected chi connectivity index (χ4v) is 4.59. The van der Waals surface area contributed by atoms with Crippen molar-refractivity contribution in [3.63, 3.8) is 0 Å². The first-order valence-electron chi connectivity index (χ1n) is 11.1. The maximum atomic E-state index is 12.7. The topological polar surface area (TPSA) is 65.7 Å². The van der Waals surface area contributed by atoms with Crippen LogP contribution in [-0.2, 0) is 11.3 Å². The van der Waals surface area contributed by atoms with Crippen LogP contribution in [0.15, 0.2) is 28.8 Å². The van der Waals surface area contributed by atoms with Gasteiger partial charge in [0.2, 0.25) is 5.91 Å². The maximum absolute atomic E-state index is 12.7. The van der Waals surface area contributed by atoms with E-state index in [2.05, 4.69) is 45.6 Å². The summed E-state index contributed by atoms with van der Waals surface area (Å²) in [5.74, 6) is 2.77. The minimum Gasteiger partial charge on any atom is -0.341 e. The average Bonchev–Trinajstić information content (AvgIpc) is 3.18. The molecule has 4 rings (SSSR count). The number of amides is 1. The molecule has 162 valence electrons. The quantitative estimate of drug-likeness (QED) is 0.754. The third kappa shape index (κ3) is 5.26. The van der Waals surface area contributed by atoms with Gasteiger partial charge in [0.15, 0.2) is 5.82 Å². The molecular weight excluding hydrogens is 378 g/mol. The van der Waals surface area contributed by atoms with Crippen LogP contribution in [0.4, 0.5) is 0 Å². The summed E-state index contributed by atoms with van der Waals surface area (Å²) < 4.78 is 5.44. The highest BCUT2D eigenvalue weighted by Gasteiger charge is 2.27. The van der Waals surface area contributed by atoms with Crippen LogP contribution in [-0.4, -0.2) is 76.6 Å². The molecule has 3 heterocycles. The fourth-order valence-electron chi connectivity index (χ4n) is 4.59. The van der Waals surface area contributed by atoms with Crippen LogP contribution in [0, 0.1) is 18.8 Å². The van der Waals surface area contributed by atoms with Gasteiger partial charge in [-0.1, -0.05) is 36.7 Å². The van der Waals surface area contributed by atoms with Crippen LogP contribution in [0.2, 0.25) is 0 Å². The molecule has 0 radical (unpaired) electrons. The normalized spacial score (nSPS) is 23.6. The minimum absolute atomic E-state index is 0.280. The van der Waals surface area contributed by atoms with Gasteiger partial charge in [0.1, 0.15) is 0 Å². The number of hydrogen-bond acceptors (Lipinski definition) is 6. The first-order valence-corrected chi connectivity index (χ1v) is 11.1. The van der Waals surface area contributed by atoms with E-state index in [0.717, 1.165) is 44.8 Å². The SMILES string of the molecule is Cc1ccc(-c2nc(CN3CCN(CC(=O)N4C[C@@H](C)C[C@H](C)C4)CC3)no2)cc1. The van der Waals surface area contributed by atoms with E-state index in [-0.39, 0.29) is 5.91 Å². The number of carbonyl (C=O) groups excluding carboxylic acids is 1. The van der Waals surface area contributed by atoms with Gasteiger partial charge in [0.25, 0.3) is 5.89 Å². The molecule has 2 saturated heterocycles. The first-order chi connectivity index (χ1) is 14.5. The van der Waals surface area contributed by atoms with E-state index < -0.39 is 0 Å². The van der Waals surface area contributed by atoms with Gasteiger partial charge in [-0.15, -0.1) is 0 Å². The van der Waals surface area contributed by atoms with Gasteiger partial charge in [-0.05, 0) is 37.3 Å². The molecule has 0 bridgehead atoms. The summed E-state index contributed by atoms with van der Waals surface area (Å²) in [7, 11) is 0. The number of aromatic nitrogens is 2. The molecule has 2 aromatic rings. The number of benzene rings is 1.